The van der Waals surface area contributed by atoms with Crippen molar-refractivity contribution in [3.8, 4) is 0 Å². The number of benzene rings is 1. The van der Waals surface area contributed by atoms with Crippen molar-refractivity contribution >= 4 is 59.2 Å². The van der Waals surface area contributed by atoms with E-state index >= 15 is 0 Å². The zero-order valence-electron chi connectivity index (χ0n) is 18.6. The van der Waals surface area contributed by atoms with Crippen LogP contribution in [0.4, 0.5) is 5.13 Å². The predicted octanol–water partition coefficient (Wildman–Crippen LogP) is 4.52. The van der Waals surface area contributed by atoms with E-state index < -0.39 is 10.0 Å². The number of carbonyl (C=O) groups is 2. The lowest BCUT2D eigenvalue weighted by molar-refractivity contribution is 0.0531. The first kappa shape index (κ1) is 23.8. The van der Waals surface area contributed by atoms with Gasteiger partial charge in [0.2, 0.25) is 10.0 Å². The molecular formula is C22H25N3O5S3. The van der Waals surface area contributed by atoms with Crippen LogP contribution in [0.1, 0.15) is 52.3 Å². The Balaban J connectivity index is 1.47. The van der Waals surface area contributed by atoms with Crippen molar-refractivity contribution < 1.29 is 22.7 Å². The van der Waals surface area contributed by atoms with E-state index in [1.165, 1.54) is 51.2 Å². The van der Waals surface area contributed by atoms with Crippen LogP contribution in [0.5, 0.6) is 0 Å². The van der Waals surface area contributed by atoms with E-state index in [1.54, 1.807) is 6.92 Å². The van der Waals surface area contributed by atoms with Gasteiger partial charge in [-0.25, -0.2) is 18.2 Å². The molecular weight excluding hydrogens is 482 g/mol. The van der Waals surface area contributed by atoms with Crippen LogP contribution in [-0.4, -0.2) is 49.3 Å². The van der Waals surface area contributed by atoms with Gasteiger partial charge in [-0.1, -0.05) is 18.3 Å². The molecule has 0 spiro atoms. The molecule has 1 atom stereocenters. The summed E-state index contributed by atoms with van der Waals surface area (Å²) in [6.07, 6.45) is 1.89. The van der Waals surface area contributed by atoms with Crippen LogP contribution in [0.2, 0.25) is 0 Å². The lowest BCUT2D eigenvalue weighted by Crippen LogP contribution is -2.39. The van der Waals surface area contributed by atoms with E-state index in [9.17, 15) is 18.0 Å². The number of piperidine rings is 1. The van der Waals surface area contributed by atoms with Gasteiger partial charge in [0.05, 0.1) is 16.2 Å². The monoisotopic (exact) mass is 507 g/mol. The van der Waals surface area contributed by atoms with Gasteiger partial charge in [-0.05, 0) is 62.4 Å². The van der Waals surface area contributed by atoms with Crippen molar-refractivity contribution in [2.45, 2.75) is 38.5 Å². The lowest BCUT2D eigenvalue weighted by atomic mass is 10.0. The van der Waals surface area contributed by atoms with Gasteiger partial charge in [0, 0.05) is 18.7 Å². The molecule has 11 heteroatoms. The van der Waals surface area contributed by atoms with Crippen molar-refractivity contribution in [1.29, 1.82) is 0 Å². The topological polar surface area (TPSA) is 106 Å². The summed E-state index contributed by atoms with van der Waals surface area (Å²) in [6, 6.07) is 5.96. The van der Waals surface area contributed by atoms with Crippen LogP contribution in [0, 0.1) is 12.8 Å². The third kappa shape index (κ3) is 4.81. The molecule has 33 heavy (non-hydrogen) atoms. The van der Waals surface area contributed by atoms with Crippen molar-refractivity contribution in [3.63, 3.8) is 0 Å². The molecule has 0 aliphatic carbocycles. The van der Waals surface area contributed by atoms with Gasteiger partial charge in [0.1, 0.15) is 9.71 Å². The van der Waals surface area contributed by atoms with Crippen molar-refractivity contribution in [2.24, 2.45) is 5.92 Å². The van der Waals surface area contributed by atoms with Gasteiger partial charge in [0.25, 0.3) is 5.91 Å². The summed E-state index contributed by atoms with van der Waals surface area (Å²) in [6.45, 7) is 6.98. The summed E-state index contributed by atoms with van der Waals surface area (Å²) in [4.78, 5) is 30.5. The minimum Gasteiger partial charge on any atom is -0.462 e. The van der Waals surface area contributed by atoms with E-state index in [-0.39, 0.29) is 16.8 Å². The van der Waals surface area contributed by atoms with E-state index in [4.69, 9.17) is 4.74 Å². The van der Waals surface area contributed by atoms with Crippen LogP contribution in [0.25, 0.3) is 9.53 Å². The van der Waals surface area contributed by atoms with Gasteiger partial charge in [0.15, 0.2) is 5.13 Å². The van der Waals surface area contributed by atoms with Crippen LogP contribution in [0.3, 0.4) is 0 Å². The Morgan fingerprint density at radius 2 is 1.97 bits per heavy atom. The first-order valence-electron chi connectivity index (χ1n) is 10.7. The van der Waals surface area contributed by atoms with E-state index in [0.29, 0.717) is 46.0 Å². The number of sulfonamides is 1. The number of aryl methyl sites for hydroxylation is 1. The average Bonchev–Trinajstić information content (AvgIpc) is 3.32. The maximum absolute atomic E-state index is 12.9. The second kappa shape index (κ2) is 9.49. The number of ether oxygens (including phenoxy) is 1. The molecule has 1 aromatic carbocycles. The minimum atomic E-state index is -3.57. The molecule has 176 valence electrons. The van der Waals surface area contributed by atoms with E-state index in [2.05, 4.69) is 17.2 Å². The molecule has 1 aliphatic heterocycles. The molecule has 3 aromatic rings. The highest BCUT2D eigenvalue weighted by molar-refractivity contribution is 7.89. The van der Waals surface area contributed by atoms with Crippen molar-refractivity contribution in [2.75, 3.05) is 25.0 Å². The molecule has 1 N–H and O–H groups in total. The summed E-state index contributed by atoms with van der Waals surface area (Å²) in [5, 5.41) is 3.18. The number of esters is 1. The second-order valence-corrected chi connectivity index (χ2v) is 12.0. The Morgan fingerprint density at radius 1 is 1.24 bits per heavy atom. The fourth-order valence-electron chi connectivity index (χ4n) is 3.79. The summed E-state index contributed by atoms with van der Waals surface area (Å²) in [5.74, 6) is -0.413. The number of hydrogen-bond donors (Lipinski definition) is 1. The molecule has 8 nitrogen and oxygen atoms in total. The van der Waals surface area contributed by atoms with Gasteiger partial charge in [-0.15, -0.1) is 11.3 Å². The number of carbonyl (C=O) groups excluding carboxylic acids is 2. The van der Waals surface area contributed by atoms with E-state index in [1.807, 2.05) is 6.92 Å². The Hall–Kier alpha value is -2.34. The first-order chi connectivity index (χ1) is 15.7. The number of fused-ring (bicyclic) bond motifs is 1. The number of anilines is 1. The third-order valence-corrected chi connectivity index (χ3v) is 9.80. The highest BCUT2D eigenvalue weighted by atomic mass is 32.2. The molecule has 3 heterocycles. The van der Waals surface area contributed by atoms with Gasteiger partial charge < -0.3 is 4.74 Å². The smallest absolute Gasteiger partial charge is 0.348 e. The van der Waals surface area contributed by atoms with E-state index in [0.717, 1.165) is 23.1 Å². The van der Waals surface area contributed by atoms with Crippen molar-refractivity contribution in [1.82, 2.24) is 9.29 Å². The largest absolute Gasteiger partial charge is 0.462 e. The molecule has 0 bridgehead atoms. The number of thiophene rings is 1. The predicted molar refractivity (Wildman–Crippen MR) is 130 cm³/mol. The number of hydrogen-bond acceptors (Lipinski definition) is 8. The van der Waals surface area contributed by atoms with Gasteiger partial charge >= 0.3 is 5.97 Å². The number of nitrogens with zero attached hydrogens (tertiary/aromatic N) is 2. The zero-order valence-corrected chi connectivity index (χ0v) is 21.0. The normalized spacial score (nSPS) is 17.2. The quantitative estimate of drug-likeness (QED) is 0.492. The standard InChI is InChI=1S/C22H25N3O5S3/c1-4-30-21(27)18-14(3)17-20(31-18)24-22(32-17)23-19(26)15-7-9-16(10-8-15)33(28,29)25-11-5-6-13(2)12-25/h7-10,13H,4-6,11-12H2,1-3H3,(H,23,24,26)/t13-/m0/s1. The third-order valence-electron chi connectivity index (χ3n) is 5.53. The summed E-state index contributed by atoms with van der Waals surface area (Å²) in [5.41, 5.74) is 1.12. The minimum absolute atomic E-state index is 0.185. The molecule has 1 amide bonds. The Morgan fingerprint density at radius 3 is 2.61 bits per heavy atom. The number of rotatable bonds is 6. The van der Waals surface area contributed by atoms with Crippen LogP contribution >= 0.6 is 22.7 Å². The number of thiazole rings is 1. The zero-order chi connectivity index (χ0) is 23.8. The molecule has 0 radical (unpaired) electrons. The van der Waals surface area contributed by atoms with Crippen LogP contribution in [-0.2, 0) is 14.8 Å². The highest BCUT2D eigenvalue weighted by Crippen LogP contribution is 2.37. The molecule has 1 saturated heterocycles. The Kier molecular flexibility index (Phi) is 6.85. The number of nitrogens with one attached hydrogen (secondary N) is 1. The Bertz CT molecular complexity index is 1290. The van der Waals surface area contributed by atoms with Crippen molar-refractivity contribution in [3.05, 3.63) is 40.3 Å². The summed E-state index contributed by atoms with van der Waals surface area (Å²) in [7, 11) is -3.57. The fraction of sp³-hybridized carbons (Fsp3) is 0.409. The molecule has 0 saturated carbocycles. The summed E-state index contributed by atoms with van der Waals surface area (Å²) < 4.78 is 33.2. The first-order valence-corrected chi connectivity index (χ1v) is 13.8. The maximum Gasteiger partial charge on any atom is 0.348 e. The maximum atomic E-state index is 12.9. The molecule has 0 unspecified atom stereocenters. The lowest BCUT2D eigenvalue weighted by Gasteiger charge is -2.30. The number of amides is 1. The fourth-order valence-corrected chi connectivity index (χ4v) is 7.60. The molecule has 1 aliphatic rings. The second-order valence-electron chi connectivity index (χ2n) is 8.02. The molecule has 4 rings (SSSR count). The average molecular weight is 508 g/mol. The summed E-state index contributed by atoms with van der Waals surface area (Å²) >= 11 is 2.52. The molecule has 1 fully saturated rings. The Labute approximate surface area is 200 Å². The van der Waals surface area contributed by atoms with Crippen LogP contribution < -0.4 is 5.32 Å². The number of aromatic nitrogens is 1. The van der Waals surface area contributed by atoms with Crippen LogP contribution in [0.15, 0.2) is 29.2 Å². The SMILES string of the molecule is CCOC(=O)c1sc2nc(NC(=O)c3ccc(S(=O)(=O)N4CCC[C@H](C)C4)cc3)sc2c1C. The molecule has 2 aromatic heterocycles. The van der Waals surface area contributed by atoms with Gasteiger partial charge in [-0.2, -0.15) is 4.31 Å². The highest BCUT2D eigenvalue weighted by Gasteiger charge is 2.28. The van der Waals surface area contributed by atoms with Gasteiger partial charge in [-0.3, -0.25) is 10.1 Å².